The molecule has 0 saturated carbocycles. The zero-order chi connectivity index (χ0) is 21.6. The lowest BCUT2D eigenvalue weighted by Gasteiger charge is -2.47. The Morgan fingerprint density at radius 3 is 2.00 bits per heavy atom. The molecule has 1 aliphatic rings. The minimum atomic E-state index is 0.00581. The maximum absolute atomic E-state index is 13.2. The third-order valence-electron chi connectivity index (χ3n) is 6.10. The molecule has 160 valence electrons. The van der Waals surface area contributed by atoms with Crippen molar-refractivity contribution in [2.45, 2.75) is 31.7 Å². The van der Waals surface area contributed by atoms with Crippen molar-refractivity contribution < 1.29 is 14.3 Å². The zero-order valence-electron chi connectivity index (χ0n) is 18.2. The van der Waals surface area contributed by atoms with Gasteiger partial charge in [0.05, 0.1) is 26.2 Å². The first kappa shape index (κ1) is 21.0. The quantitative estimate of drug-likeness (QED) is 0.326. The van der Waals surface area contributed by atoms with Crippen LogP contribution in [0.1, 0.15) is 36.4 Å². The van der Waals surface area contributed by atoms with Gasteiger partial charge in [-0.05, 0) is 66.8 Å². The molecule has 1 heterocycles. The summed E-state index contributed by atoms with van der Waals surface area (Å²) in [6.07, 6.45) is 4.08. The number of aryl methyl sites for hydroxylation is 1. The molecule has 0 aromatic heterocycles. The standard InChI is InChI=1S/C27H29NO3/c1-30-23-16-12-21(13-17-23)26-25(11-7-6-10-20-8-4-3-5-9-20)27(29)28(26)22-14-18-24(31-2)19-15-22/h3-5,8-9,12-19,25-26H,6-7,10-11H2,1-2H3/t25-,26+/m0/s1. The van der Waals surface area contributed by atoms with Crippen LogP contribution in [0.5, 0.6) is 11.5 Å². The van der Waals surface area contributed by atoms with Gasteiger partial charge in [0.2, 0.25) is 5.91 Å². The predicted octanol–water partition coefficient (Wildman–Crippen LogP) is 5.82. The van der Waals surface area contributed by atoms with Crippen LogP contribution >= 0.6 is 0 Å². The van der Waals surface area contributed by atoms with Gasteiger partial charge in [0.15, 0.2) is 0 Å². The average Bonchev–Trinajstić information content (AvgIpc) is 2.83. The van der Waals surface area contributed by atoms with Crippen molar-refractivity contribution in [1.82, 2.24) is 0 Å². The third kappa shape index (κ3) is 4.58. The lowest BCUT2D eigenvalue weighted by Crippen LogP contribution is -2.55. The van der Waals surface area contributed by atoms with E-state index >= 15 is 0 Å². The summed E-state index contributed by atoms with van der Waals surface area (Å²) in [5, 5.41) is 0. The number of benzene rings is 3. The molecular formula is C27H29NO3. The van der Waals surface area contributed by atoms with Crippen molar-refractivity contribution in [3.63, 3.8) is 0 Å². The fraction of sp³-hybridized carbons (Fsp3) is 0.296. The molecule has 0 unspecified atom stereocenters. The van der Waals surface area contributed by atoms with Gasteiger partial charge < -0.3 is 14.4 Å². The van der Waals surface area contributed by atoms with Crippen LogP contribution in [0.25, 0.3) is 0 Å². The zero-order valence-corrected chi connectivity index (χ0v) is 18.2. The number of β-lactam (4-membered cyclic amide) rings is 1. The first-order valence-corrected chi connectivity index (χ1v) is 10.9. The molecule has 4 nitrogen and oxygen atoms in total. The van der Waals surface area contributed by atoms with E-state index < -0.39 is 0 Å². The maximum Gasteiger partial charge on any atom is 0.233 e. The Morgan fingerprint density at radius 2 is 1.39 bits per heavy atom. The van der Waals surface area contributed by atoms with E-state index in [1.54, 1.807) is 14.2 Å². The summed E-state index contributed by atoms with van der Waals surface area (Å²) in [4.78, 5) is 15.1. The molecule has 4 heteroatoms. The molecule has 1 saturated heterocycles. The SMILES string of the molecule is COc1ccc([C@@H]2[C@H](CCCCc3ccccc3)C(=O)N2c2ccc(OC)cc2)cc1. The Kier molecular flexibility index (Phi) is 6.56. The Morgan fingerprint density at radius 1 is 0.774 bits per heavy atom. The molecule has 1 amide bonds. The van der Waals surface area contributed by atoms with Crippen LogP contribution in [0.4, 0.5) is 5.69 Å². The van der Waals surface area contributed by atoms with Crippen molar-refractivity contribution in [2.24, 2.45) is 5.92 Å². The Labute approximate surface area is 184 Å². The molecule has 3 aromatic carbocycles. The van der Waals surface area contributed by atoms with E-state index in [4.69, 9.17) is 9.47 Å². The van der Waals surface area contributed by atoms with E-state index in [1.807, 2.05) is 47.4 Å². The van der Waals surface area contributed by atoms with E-state index in [-0.39, 0.29) is 17.9 Å². The highest BCUT2D eigenvalue weighted by Gasteiger charge is 2.48. The number of rotatable bonds is 9. The van der Waals surface area contributed by atoms with Crippen LogP contribution < -0.4 is 14.4 Å². The smallest absolute Gasteiger partial charge is 0.233 e. The van der Waals surface area contributed by atoms with Crippen LogP contribution in [0.3, 0.4) is 0 Å². The van der Waals surface area contributed by atoms with E-state index in [0.717, 1.165) is 48.4 Å². The van der Waals surface area contributed by atoms with Crippen LogP contribution in [-0.2, 0) is 11.2 Å². The second-order valence-corrected chi connectivity index (χ2v) is 7.96. The van der Waals surface area contributed by atoms with E-state index in [0.29, 0.717) is 0 Å². The molecule has 0 aliphatic carbocycles. The first-order chi connectivity index (χ1) is 15.2. The topological polar surface area (TPSA) is 38.8 Å². The average molecular weight is 416 g/mol. The Balaban J connectivity index is 1.48. The van der Waals surface area contributed by atoms with Crippen LogP contribution in [-0.4, -0.2) is 20.1 Å². The fourth-order valence-corrected chi connectivity index (χ4v) is 4.38. The molecule has 1 aliphatic heterocycles. The number of unbranched alkanes of at least 4 members (excludes halogenated alkanes) is 1. The number of hydrogen-bond donors (Lipinski definition) is 0. The van der Waals surface area contributed by atoms with Crippen LogP contribution in [0.15, 0.2) is 78.9 Å². The number of methoxy groups -OCH3 is 2. The molecule has 0 radical (unpaired) electrons. The minimum absolute atomic E-state index is 0.00581. The summed E-state index contributed by atoms with van der Waals surface area (Å²) < 4.78 is 10.6. The molecule has 31 heavy (non-hydrogen) atoms. The van der Waals surface area contributed by atoms with E-state index in [9.17, 15) is 4.79 Å². The van der Waals surface area contributed by atoms with Gasteiger partial charge in [-0.1, -0.05) is 48.9 Å². The summed E-state index contributed by atoms with van der Waals surface area (Å²) in [5.41, 5.74) is 3.41. The summed E-state index contributed by atoms with van der Waals surface area (Å²) in [6, 6.07) is 26.4. The number of ether oxygens (including phenoxy) is 2. The van der Waals surface area contributed by atoms with E-state index in [1.165, 1.54) is 5.56 Å². The largest absolute Gasteiger partial charge is 0.497 e. The Bertz CT molecular complexity index is 983. The molecule has 0 bridgehead atoms. The number of nitrogens with zero attached hydrogens (tertiary/aromatic N) is 1. The summed E-state index contributed by atoms with van der Waals surface area (Å²) in [6.45, 7) is 0. The lowest BCUT2D eigenvalue weighted by molar-refractivity contribution is -0.130. The highest BCUT2D eigenvalue weighted by Crippen LogP contribution is 2.46. The number of carbonyl (C=O) groups is 1. The van der Waals surface area contributed by atoms with Gasteiger partial charge in [-0.25, -0.2) is 0 Å². The second kappa shape index (κ2) is 9.69. The number of carbonyl (C=O) groups excluding carboxylic acids is 1. The highest BCUT2D eigenvalue weighted by molar-refractivity contribution is 6.03. The second-order valence-electron chi connectivity index (χ2n) is 7.96. The molecule has 0 N–H and O–H groups in total. The van der Waals surface area contributed by atoms with Gasteiger partial charge in [-0.2, -0.15) is 0 Å². The van der Waals surface area contributed by atoms with E-state index in [2.05, 4.69) is 36.4 Å². The molecular weight excluding hydrogens is 386 g/mol. The van der Waals surface area contributed by atoms with Gasteiger partial charge in [-0.3, -0.25) is 4.79 Å². The molecule has 0 spiro atoms. The maximum atomic E-state index is 13.2. The highest BCUT2D eigenvalue weighted by atomic mass is 16.5. The van der Waals surface area contributed by atoms with Gasteiger partial charge in [0.1, 0.15) is 11.5 Å². The summed E-state index contributed by atoms with van der Waals surface area (Å²) in [5.74, 6) is 1.82. The van der Waals surface area contributed by atoms with Gasteiger partial charge in [0, 0.05) is 5.69 Å². The van der Waals surface area contributed by atoms with Gasteiger partial charge in [0.25, 0.3) is 0 Å². The van der Waals surface area contributed by atoms with Crippen molar-refractivity contribution in [3.05, 3.63) is 90.0 Å². The monoisotopic (exact) mass is 415 g/mol. The third-order valence-corrected chi connectivity index (χ3v) is 6.10. The van der Waals surface area contributed by atoms with Crippen molar-refractivity contribution in [3.8, 4) is 11.5 Å². The molecule has 2 atom stereocenters. The Hall–Kier alpha value is -3.27. The molecule has 4 rings (SSSR count). The minimum Gasteiger partial charge on any atom is -0.497 e. The van der Waals surface area contributed by atoms with Crippen molar-refractivity contribution >= 4 is 11.6 Å². The summed E-state index contributed by atoms with van der Waals surface area (Å²) in [7, 11) is 3.32. The number of anilines is 1. The first-order valence-electron chi connectivity index (χ1n) is 10.9. The van der Waals surface area contributed by atoms with Crippen LogP contribution in [0.2, 0.25) is 0 Å². The van der Waals surface area contributed by atoms with Gasteiger partial charge >= 0.3 is 0 Å². The predicted molar refractivity (Wildman–Crippen MR) is 124 cm³/mol. The van der Waals surface area contributed by atoms with Crippen LogP contribution in [0, 0.1) is 5.92 Å². The normalized spacial score (nSPS) is 17.9. The summed E-state index contributed by atoms with van der Waals surface area (Å²) >= 11 is 0. The van der Waals surface area contributed by atoms with Crippen molar-refractivity contribution in [1.29, 1.82) is 0 Å². The fourth-order valence-electron chi connectivity index (χ4n) is 4.38. The number of amides is 1. The number of hydrogen-bond acceptors (Lipinski definition) is 3. The lowest BCUT2D eigenvalue weighted by atomic mass is 9.78. The molecule has 3 aromatic rings. The van der Waals surface area contributed by atoms with Gasteiger partial charge in [-0.15, -0.1) is 0 Å². The molecule has 1 fully saturated rings. The van der Waals surface area contributed by atoms with Crippen molar-refractivity contribution in [2.75, 3.05) is 19.1 Å².